The molecule has 0 radical (unpaired) electrons. The lowest BCUT2D eigenvalue weighted by Crippen LogP contribution is -2.51. The number of hydrogen-bond donors (Lipinski definition) is 2. The van der Waals surface area contributed by atoms with Crippen molar-refractivity contribution in [3.63, 3.8) is 0 Å². The number of amides is 1. The first-order valence-corrected chi connectivity index (χ1v) is 17.9. The maximum Gasteiger partial charge on any atom is 0.407 e. The number of ether oxygens (including phenoxy) is 6. The Kier molecular flexibility index (Phi) is 10.5. The number of nitrogens with one attached hydrogen (secondary N) is 1. The number of alkyl carbamates (subject to hydrolysis) is 1. The third kappa shape index (κ3) is 8.16. The third-order valence-electron chi connectivity index (χ3n) is 8.18. The first kappa shape index (κ1) is 33.4. The van der Waals surface area contributed by atoms with E-state index in [1.54, 1.807) is 24.4 Å². The van der Waals surface area contributed by atoms with Crippen molar-refractivity contribution in [1.82, 2.24) is 14.6 Å². The highest BCUT2D eigenvalue weighted by Gasteiger charge is 2.44. The van der Waals surface area contributed by atoms with Crippen molar-refractivity contribution in [1.29, 1.82) is 0 Å². The Morgan fingerprint density at radius 2 is 1.94 bits per heavy atom. The predicted octanol–water partition coefficient (Wildman–Crippen LogP) is 3.56. The lowest BCUT2D eigenvalue weighted by Gasteiger charge is -2.31. The smallest absolute Gasteiger partial charge is 0.407 e. The van der Waals surface area contributed by atoms with Gasteiger partial charge in [-0.15, -0.1) is 11.3 Å². The number of nitrogens with zero attached hydrogens (tertiary/aromatic N) is 2. The molecule has 13 nitrogen and oxygen atoms in total. The van der Waals surface area contributed by atoms with E-state index >= 15 is 0 Å². The van der Waals surface area contributed by atoms with Crippen molar-refractivity contribution in [2.75, 3.05) is 33.1 Å². The summed E-state index contributed by atoms with van der Waals surface area (Å²) in [5, 5.41) is 17.2. The Labute approximate surface area is 277 Å². The summed E-state index contributed by atoms with van der Waals surface area (Å²) >= 11 is 1.50. The number of aliphatic hydroxyl groups excluding tert-OH is 1. The van der Waals surface area contributed by atoms with E-state index in [1.165, 1.54) is 27.8 Å². The van der Waals surface area contributed by atoms with E-state index in [2.05, 4.69) is 10.3 Å². The van der Waals surface area contributed by atoms with E-state index in [0.717, 1.165) is 10.6 Å². The Balaban J connectivity index is 1.18. The van der Waals surface area contributed by atoms with Crippen LogP contribution in [0.1, 0.15) is 30.8 Å². The standard InChI is InChI=1S/C32H39N3O10S2/c1-20(2)15-35(47(38,39)23-7-8-27-28(14-23)44-19-43-27)16-26(36)25(34-32(37)45-29-17-42-31-24(29)9-11-40-31)13-21-3-5-22(6-4-21)41-18-30-33-10-12-46-30/h3-8,10,12,14,20,24-26,29,31,36H,9,11,13,15-19H2,1-2H3,(H,34,37)/t24-,25-,26+,29-,31+/m0/s1. The average molecular weight is 690 g/mol. The van der Waals surface area contributed by atoms with Gasteiger partial charge in [-0.3, -0.25) is 0 Å². The molecule has 2 aromatic carbocycles. The second-order valence-corrected chi connectivity index (χ2v) is 15.0. The maximum atomic E-state index is 13.9. The monoisotopic (exact) mass is 689 g/mol. The molecule has 3 aliphatic heterocycles. The highest BCUT2D eigenvalue weighted by Crippen LogP contribution is 2.35. The lowest BCUT2D eigenvalue weighted by atomic mass is 10.0. The Bertz CT molecular complexity index is 1600. The third-order valence-corrected chi connectivity index (χ3v) is 10.8. The lowest BCUT2D eigenvalue weighted by molar-refractivity contribution is -0.0907. The second kappa shape index (κ2) is 14.7. The van der Waals surface area contributed by atoms with Crippen LogP contribution in [-0.2, 0) is 37.3 Å². The van der Waals surface area contributed by atoms with Crippen molar-refractivity contribution in [2.24, 2.45) is 11.8 Å². The summed E-state index contributed by atoms with van der Waals surface area (Å²) < 4.78 is 62.5. The number of aromatic nitrogens is 1. The van der Waals surface area contributed by atoms with Gasteiger partial charge >= 0.3 is 6.09 Å². The molecule has 0 unspecified atom stereocenters. The van der Waals surface area contributed by atoms with Gasteiger partial charge < -0.3 is 38.8 Å². The summed E-state index contributed by atoms with van der Waals surface area (Å²) in [5.41, 5.74) is 0.790. The van der Waals surface area contributed by atoms with Gasteiger partial charge in [-0.05, 0) is 48.6 Å². The van der Waals surface area contributed by atoms with E-state index in [-0.39, 0.29) is 49.6 Å². The maximum absolute atomic E-state index is 13.9. The van der Waals surface area contributed by atoms with E-state index in [4.69, 9.17) is 28.4 Å². The molecule has 1 aromatic heterocycles. The number of fused-ring (bicyclic) bond motifs is 2. The van der Waals surface area contributed by atoms with E-state index in [0.29, 0.717) is 36.9 Å². The molecule has 4 heterocycles. The molecule has 2 saturated heterocycles. The van der Waals surface area contributed by atoms with Gasteiger partial charge in [0.25, 0.3) is 0 Å². The molecule has 254 valence electrons. The van der Waals surface area contributed by atoms with Crippen molar-refractivity contribution >= 4 is 27.5 Å². The van der Waals surface area contributed by atoms with Crippen LogP contribution in [-0.4, -0.2) is 86.5 Å². The number of carbonyl (C=O) groups is 1. The molecule has 0 aliphatic carbocycles. The van der Waals surface area contributed by atoms with Gasteiger partial charge in [0.1, 0.15) is 23.5 Å². The zero-order valence-electron chi connectivity index (χ0n) is 26.1. The topological polar surface area (TPSA) is 155 Å². The van der Waals surface area contributed by atoms with Crippen LogP contribution in [0.5, 0.6) is 17.2 Å². The number of benzene rings is 2. The summed E-state index contributed by atoms with van der Waals surface area (Å²) in [5.74, 6) is 1.33. The summed E-state index contributed by atoms with van der Waals surface area (Å²) in [6.45, 7) is 4.75. The average Bonchev–Trinajstić information content (AvgIpc) is 3.86. The quantitative estimate of drug-likeness (QED) is 0.255. The van der Waals surface area contributed by atoms with Crippen LogP contribution in [0.15, 0.2) is 58.9 Å². The highest BCUT2D eigenvalue weighted by molar-refractivity contribution is 7.89. The number of hydrogen-bond acceptors (Lipinski definition) is 12. The fourth-order valence-corrected chi connectivity index (χ4v) is 7.96. The molecule has 1 amide bonds. The van der Waals surface area contributed by atoms with Gasteiger partial charge in [0, 0.05) is 30.7 Å². The minimum Gasteiger partial charge on any atom is -0.486 e. The number of rotatable bonds is 14. The molecule has 2 fully saturated rings. The Morgan fingerprint density at radius 1 is 1.13 bits per heavy atom. The number of aliphatic hydroxyl groups is 1. The molecule has 0 bridgehead atoms. The van der Waals surface area contributed by atoms with Crippen LogP contribution in [0.25, 0.3) is 0 Å². The van der Waals surface area contributed by atoms with Crippen molar-refractivity contribution in [3.8, 4) is 17.2 Å². The molecule has 47 heavy (non-hydrogen) atoms. The Morgan fingerprint density at radius 3 is 2.70 bits per heavy atom. The molecule has 0 spiro atoms. The van der Waals surface area contributed by atoms with E-state index in [1.807, 2.05) is 31.4 Å². The van der Waals surface area contributed by atoms with Crippen LogP contribution in [0, 0.1) is 11.8 Å². The van der Waals surface area contributed by atoms with E-state index in [9.17, 15) is 18.3 Å². The SMILES string of the molecule is CC(C)CN(C[C@@H](O)[C@H](Cc1ccc(OCc2nccs2)cc1)NC(=O)O[C@H]1CO[C@H]2OCC[C@H]21)S(=O)(=O)c1ccc2c(c1)OCO2. The molecule has 15 heteroatoms. The largest absolute Gasteiger partial charge is 0.486 e. The molecule has 0 saturated carbocycles. The van der Waals surface area contributed by atoms with Crippen LogP contribution >= 0.6 is 11.3 Å². The summed E-state index contributed by atoms with van der Waals surface area (Å²) in [4.78, 5) is 17.4. The van der Waals surface area contributed by atoms with Crippen LogP contribution in [0.3, 0.4) is 0 Å². The molecular formula is C32H39N3O10S2. The second-order valence-electron chi connectivity index (χ2n) is 12.1. The van der Waals surface area contributed by atoms with Gasteiger partial charge in [-0.2, -0.15) is 4.31 Å². The van der Waals surface area contributed by atoms with Gasteiger partial charge in [0.05, 0.1) is 36.2 Å². The minimum atomic E-state index is -4.06. The molecule has 5 atom stereocenters. The van der Waals surface area contributed by atoms with Crippen LogP contribution < -0.4 is 19.5 Å². The van der Waals surface area contributed by atoms with Gasteiger partial charge in [-0.1, -0.05) is 26.0 Å². The molecule has 3 aromatic rings. The number of carbonyl (C=O) groups excluding carboxylic acids is 1. The van der Waals surface area contributed by atoms with Gasteiger partial charge in [-0.25, -0.2) is 18.2 Å². The van der Waals surface area contributed by atoms with E-state index < -0.39 is 40.7 Å². The first-order chi connectivity index (χ1) is 22.7. The minimum absolute atomic E-state index is 0.0110. The molecule has 2 N–H and O–H groups in total. The number of thiazole rings is 1. The first-order valence-electron chi connectivity index (χ1n) is 15.5. The molecule has 3 aliphatic rings. The van der Waals surface area contributed by atoms with Gasteiger partial charge in [0.2, 0.25) is 16.8 Å². The fraction of sp³-hybridized carbons (Fsp3) is 0.500. The summed E-state index contributed by atoms with van der Waals surface area (Å²) in [6.07, 6.45) is -0.277. The highest BCUT2D eigenvalue weighted by atomic mass is 32.2. The fourth-order valence-electron chi connectivity index (χ4n) is 5.80. The number of sulfonamides is 1. The van der Waals surface area contributed by atoms with Crippen molar-refractivity contribution in [2.45, 2.75) is 62.7 Å². The molecule has 6 rings (SSSR count). The summed E-state index contributed by atoms with van der Waals surface area (Å²) in [7, 11) is -4.06. The zero-order valence-corrected chi connectivity index (χ0v) is 27.8. The van der Waals surface area contributed by atoms with Gasteiger partial charge in [0.15, 0.2) is 17.8 Å². The summed E-state index contributed by atoms with van der Waals surface area (Å²) in [6, 6.07) is 10.8. The Hall–Kier alpha value is -3.47. The predicted molar refractivity (Wildman–Crippen MR) is 170 cm³/mol. The van der Waals surface area contributed by atoms with Crippen molar-refractivity contribution in [3.05, 3.63) is 64.6 Å². The van der Waals surface area contributed by atoms with Crippen LogP contribution in [0.2, 0.25) is 0 Å². The van der Waals surface area contributed by atoms with Crippen molar-refractivity contribution < 1.29 is 46.7 Å². The normalized spacial score (nSPS) is 21.5. The molecular weight excluding hydrogens is 650 g/mol. The zero-order chi connectivity index (χ0) is 33.0. The van der Waals surface area contributed by atoms with Crippen LogP contribution in [0.4, 0.5) is 4.79 Å².